The van der Waals surface area contributed by atoms with Crippen molar-refractivity contribution in [1.82, 2.24) is 20.1 Å². The molecule has 0 radical (unpaired) electrons. The monoisotopic (exact) mass is 365 g/mol. The van der Waals surface area contributed by atoms with Crippen LogP contribution in [0.5, 0.6) is 0 Å². The first-order valence-corrected chi connectivity index (χ1v) is 7.78. The van der Waals surface area contributed by atoms with Crippen molar-refractivity contribution in [3.63, 3.8) is 0 Å². The molecular formula is C16H18F3N7. The predicted octanol–water partition coefficient (Wildman–Crippen LogP) is 2.13. The molecule has 7 nitrogen and oxygen atoms in total. The van der Waals surface area contributed by atoms with Crippen molar-refractivity contribution >= 4 is 11.6 Å². The Morgan fingerprint density at radius 2 is 2.12 bits per heavy atom. The summed E-state index contributed by atoms with van der Waals surface area (Å²) in [4.78, 5) is 7.98. The lowest BCUT2D eigenvalue weighted by molar-refractivity contribution is -0.100. The smallest absolute Gasteiger partial charge is 0.332 e. The van der Waals surface area contributed by atoms with Gasteiger partial charge in [0.25, 0.3) is 0 Å². The third kappa shape index (κ3) is 3.69. The van der Waals surface area contributed by atoms with Gasteiger partial charge in [-0.3, -0.25) is 9.67 Å². The van der Waals surface area contributed by atoms with E-state index < -0.39 is 17.4 Å². The summed E-state index contributed by atoms with van der Waals surface area (Å²) in [6, 6.07) is 3.76. The maximum atomic E-state index is 13.0. The van der Waals surface area contributed by atoms with Crippen LogP contribution in [0.2, 0.25) is 0 Å². The van der Waals surface area contributed by atoms with Crippen molar-refractivity contribution in [2.24, 2.45) is 10.7 Å². The normalized spacial score (nSPS) is 20.2. The number of aromatic nitrogens is 3. The number of hydrogen-bond acceptors (Lipinski definition) is 6. The molecule has 26 heavy (non-hydrogen) atoms. The molecule has 0 amide bonds. The Labute approximate surface area is 147 Å². The molecule has 1 aliphatic heterocycles. The van der Waals surface area contributed by atoms with Crippen LogP contribution in [0.3, 0.4) is 0 Å². The summed E-state index contributed by atoms with van der Waals surface area (Å²) in [5, 5.41) is 9.71. The zero-order chi connectivity index (χ0) is 18.9. The summed E-state index contributed by atoms with van der Waals surface area (Å²) >= 11 is 0. The van der Waals surface area contributed by atoms with Crippen molar-refractivity contribution in [3.8, 4) is 0 Å². The van der Waals surface area contributed by atoms with Gasteiger partial charge in [-0.25, -0.2) is 4.99 Å². The molecule has 10 heteroatoms. The van der Waals surface area contributed by atoms with Crippen LogP contribution in [-0.4, -0.2) is 32.6 Å². The van der Waals surface area contributed by atoms with Gasteiger partial charge in [0, 0.05) is 18.6 Å². The van der Waals surface area contributed by atoms with E-state index in [2.05, 4.69) is 25.7 Å². The fourth-order valence-electron chi connectivity index (χ4n) is 2.56. The molecule has 0 bridgehead atoms. The number of nitrogens with one attached hydrogen (secondary N) is 2. The molecule has 0 aliphatic carbocycles. The average Bonchev–Trinajstić information content (AvgIpc) is 2.87. The summed E-state index contributed by atoms with van der Waals surface area (Å²) < 4.78 is 40.7. The van der Waals surface area contributed by atoms with Gasteiger partial charge >= 0.3 is 6.18 Å². The van der Waals surface area contributed by atoms with Crippen LogP contribution in [0.4, 0.5) is 18.9 Å². The van der Waals surface area contributed by atoms with Crippen molar-refractivity contribution in [3.05, 3.63) is 53.8 Å². The molecule has 0 fully saturated rings. The number of guanidine groups is 1. The third-order valence-electron chi connectivity index (χ3n) is 3.96. The highest BCUT2D eigenvalue weighted by molar-refractivity contribution is 5.95. The number of rotatable bonds is 3. The fraction of sp³-hybridized carbons (Fsp3) is 0.312. The molecule has 0 saturated carbocycles. The first-order chi connectivity index (χ1) is 12.2. The van der Waals surface area contributed by atoms with Gasteiger partial charge in [-0.15, -0.1) is 0 Å². The highest BCUT2D eigenvalue weighted by Crippen LogP contribution is 2.34. The minimum atomic E-state index is -4.56. The number of nitrogens with zero attached hydrogens (tertiary/aromatic N) is 4. The van der Waals surface area contributed by atoms with E-state index in [1.165, 1.54) is 6.92 Å². The van der Waals surface area contributed by atoms with E-state index in [1.54, 1.807) is 23.3 Å². The highest BCUT2D eigenvalue weighted by Gasteiger charge is 2.45. The van der Waals surface area contributed by atoms with E-state index in [4.69, 9.17) is 5.73 Å². The van der Waals surface area contributed by atoms with Crippen LogP contribution in [-0.2, 0) is 6.54 Å². The maximum absolute atomic E-state index is 13.0. The van der Waals surface area contributed by atoms with Crippen molar-refractivity contribution in [1.29, 1.82) is 0 Å². The molecule has 3 rings (SSSR count). The van der Waals surface area contributed by atoms with Crippen LogP contribution in [0.15, 0.2) is 47.5 Å². The van der Waals surface area contributed by atoms with Gasteiger partial charge in [-0.05, 0) is 25.5 Å². The molecule has 0 aromatic carbocycles. The summed E-state index contributed by atoms with van der Waals surface area (Å²) in [5.74, 6) is 0.118. The molecule has 1 unspecified atom stereocenters. The van der Waals surface area contributed by atoms with Crippen LogP contribution in [0.25, 0.3) is 0 Å². The molecule has 0 spiro atoms. The molecule has 138 valence electrons. The summed E-state index contributed by atoms with van der Waals surface area (Å²) in [6.45, 7) is 3.56. The largest absolute Gasteiger partial charge is 0.417 e. The number of halogens is 3. The minimum Gasteiger partial charge on any atom is -0.332 e. The summed E-state index contributed by atoms with van der Waals surface area (Å²) in [5.41, 5.74) is 5.27. The number of alkyl halides is 3. The highest BCUT2D eigenvalue weighted by atomic mass is 19.4. The summed E-state index contributed by atoms with van der Waals surface area (Å²) in [7, 11) is 0. The lowest BCUT2D eigenvalue weighted by Crippen LogP contribution is -2.49. The second kappa shape index (κ2) is 6.45. The number of anilines is 1. The van der Waals surface area contributed by atoms with Crippen molar-refractivity contribution in [2.75, 3.05) is 5.32 Å². The number of aliphatic imine (C=N–C) groups is 1. The SMILES string of the molecule is Cc1c(NC2=NC(C)(N)C(C(F)(F)F)=CN2)cnn1Cc1cccnc1. The van der Waals surface area contributed by atoms with Gasteiger partial charge < -0.3 is 16.4 Å². The van der Waals surface area contributed by atoms with Gasteiger partial charge in [0.15, 0.2) is 0 Å². The molecule has 2 aromatic rings. The maximum Gasteiger partial charge on any atom is 0.417 e. The van der Waals surface area contributed by atoms with Crippen molar-refractivity contribution in [2.45, 2.75) is 32.2 Å². The second-order valence-corrected chi connectivity index (χ2v) is 6.10. The van der Waals surface area contributed by atoms with Gasteiger partial charge in [-0.2, -0.15) is 18.3 Å². The molecule has 1 atom stereocenters. The van der Waals surface area contributed by atoms with E-state index >= 15 is 0 Å². The Hall–Kier alpha value is -2.88. The number of pyridine rings is 1. The second-order valence-electron chi connectivity index (χ2n) is 6.10. The summed E-state index contributed by atoms with van der Waals surface area (Å²) in [6.07, 6.45) is 1.27. The van der Waals surface area contributed by atoms with Crippen LogP contribution in [0.1, 0.15) is 18.2 Å². The quantitative estimate of drug-likeness (QED) is 0.775. The first-order valence-electron chi connectivity index (χ1n) is 7.78. The lowest BCUT2D eigenvalue weighted by atomic mass is 10.0. The zero-order valence-electron chi connectivity index (χ0n) is 14.2. The molecule has 3 heterocycles. The van der Waals surface area contributed by atoms with Gasteiger partial charge in [0.2, 0.25) is 5.96 Å². The van der Waals surface area contributed by atoms with Gasteiger partial charge in [0.1, 0.15) is 5.66 Å². The van der Waals surface area contributed by atoms with Gasteiger partial charge in [-0.1, -0.05) is 6.07 Å². The topological polar surface area (TPSA) is 93.1 Å². The third-order valence-corrected chi connectivity index (χ3v) is 3.96. The van der Waals surface area contributed by atoms with Crippen LogP contribution in [0, 0.1) is 6.92 Å². The van der Waals surface area contributed by atoms with Crippen molar-refractivity contribution < 1.29 is 13.2 Å². The van der Waals surface area contributed by atoms with E-state index in [-0.39, 0.29) is 5.96 Å². The Bertz CT molecular complexity index is 850. The Morgan fingerprint density at radius 3 is 2.73 bits per heavy atom. The van der Waals surface area contributed by atoms with Crippen LogP contribution < -0.4 is 16.4 Å². The Balaban J connectivity index is 1.76. The van der Waals surface area contributed by atoms with Crippen LogP contribution >= 0.6 is 0 Å². The predicted molar refractivity (Wildman–Crippen MR) is 91.2 cm³/mol. The Kier molecular flexibility index (Phi) is 4.45. The zero-order valence-corrected chi connectivity index (χ0v) is 14.2. The number of nitrogens with two attached hydrogens (primary N) is 1. The molecular weight excluding hydrogens is 347 g/mol. The lowest BCUT2D eigenvalue weighted by Gasteiger charge is -2.30. The number of hydrogen-bond donors (Lipinski definition) is 3. The first kappa shape index (κ1) is 17.9. The molecule has 1 aliphatic rings. The standard InChI is InChI=1S/C16H18F3N7/c1-10-12(7-23-26(10)9-11-4-3-5-21-6-11)24-14-22-8-13(16(17,18)19)15(2,20)25-14/h3-8H,9,20H2,1-2H3,(H2,22,24,25). The van der Waals surface area contributed by atoms with E-state index in [9.17, 15) is 13.2 Å². The average molecular weight is 365 g/mol. The fourth-order valence-corrected chi connectivity index (χ4v) is 2.56. The van der Waals surface area contributed by atoms with E-state index in [0.29, 0.717) is 12.2 Å². The molecule has 0 saturated heterocycles. The van der Waals surface area contributed by atoms with Gasteiger partial charge in [0.05, 0.1) is 29.7 Å². The van der Waals surface area contributed by atoms with E-state index in [0.717, 1.165) is 17.5 Å². The molecule has 2 aromatic heterocycles. The van der Waals surface area contributed by atoms with E-state index in [1.807, 2.05) is 19.1 Å². The Morgan fingerprint density at radius 1 is 1.35 bits per heavy atom. The molecule has 4 N–H and O–H groups in total. The minimum absolute atomic E-state index is 0.118.